The molecule has 23 heavy (non-hydrogen) atoms. The highest BCUT2D eigenvalue weighted by atomic mass is 35.5. The van der Waals surface area contributed by atoms with Gasteiger partial charge in [0, 0.05) is 55.7 Å². The molecule has 0 unspecified atom stereocenters. The molecule has 3 aromatic rings. The molecule has 0 fully saturated rings. The van der Waals surface area contributed by atoms with Crippen molar-refractivity contribution in [1.82, 2.24) is 14.8 Å². The maximum absolute atomic E-state index is 6.22. The Kier molecular flexibility index (Phi) is 5.10. The molecule has 2 heterocycles. The van der Waals surface area contributed by atoms with Crippen LogP contribution in [0.15, 0.2) is 42.7 Å². The molecule has 3 rings (SSSR count). The van der Waals surface area contributed by atoms with Crippen LogP contribution in [0.1, 0.15) is 12.0 Å². The number of anilines is 1. The minimum absolute atomic E-state index is 0.653. The van der Waals surface area contributed by atoms with Gasteiger partial charge in [-0.3, -0.25) is 9.67 Å². The minimum atomic E-state index is 0.653. The summed E-state index contributed by atoms with van der Waals surface area (Å²) in [6.45, 7) is 2.24. The summed E-state index contributed by atoms with van der Waals surface area (Å²) in [6, 6.07) is 9.76. The second-order valence-electron chi connectivity index (χ2n) is 5.27. The zero-order chi connectivity index (χ0) is 16.1. The van der Waals surface area contributed by atoms with Crippen molar-refractivity contribution < 1.29 is 4.74 Å². The number of aromatic nitrogens is 3. The molecule has 6 heteroatoms. The Morgan fingerprint density at radius 2 is 2.17 bits per heavy atom. The van der Waals surface area contributed by atoms with Crippen molar-refractivity contribution in [2.45, 2.75) is 19.5 Å². The van der Waals surface area contributed by atoms with Gasteiger partial charge in [0.05, 0.1) is 5.52 Å². The van der Waals surface area contributed by atoms with Gasteiger partial charge in [-0.25, -0.2) is 0 Å². The van der Waals surface area contributed by atoms with Gasteiger partial charge in [0.15, 0.2) is 0 Å². The number of pyridine rings is 1. The van der Waals surface area contributed by atoms with Crippen LogP contribution in [0.4, 0.5) is 5.82 Å². The Hall–Kier alpha value is -2.11. The first-order chi connectivity index (χ1) is 11.3. The van der Waals surface area contributed by atoms with Crippen molar-refractivity contribution in [3.63, 3.8) is 0 Å². The van der Waals surface area contributed by atoms with E-state index in [1.165, 1.54) is 0 Å². The minimum Gasteiger partial charge on any atom is -0.385 e. The van der Waals surface area contributed by atoms with Gasteiger partial charge in [-0.2, -0.15) is 5.10 Å². The van der Waals surface area contributed by atoms with Crippen molar-refractivity contribution in [3.8, 4) is 0 Å². The van der Waals surface area contributed by atoms with E-state index >= 15 is 0 Å². The molecular weight excluding hydrogens is 312 g/mol. The number of rotatable bonds is 7. The van der Waals surface area contributed by atoms with Gasteiger partial charge in [-0.1, -0.05) is 17.7 Å². The van der Waals surface area contributed by atoms with Crippen LogP contribution in [0.2, 0.25) is 5.02 Å². The van der Waals surface area contributed by atoms with Crippen molar-refractivity contribution in [1.29, 1.82) is 0 Å². The maximum Gasteiger partial charge on any atom is 0.148 e. The first-order valence-corrected chi connectivity index (χ1v) is 7.94. The van der Waals surface area contributed by atoms with E-state index < -0.39 is 0 Å². The fraction of sp³-hybridized carbons (Fsp3) is 0.294. The molecule has 0 aliphatic carbocycles. The highest BCUT2D eigenvalue weighted by molar-refractivity contribution is 6.35. The molecule has 0 saturated carbocycles. The fourth-order valence-electron chi connectivity index (χ4n) is 2.48. The predicted octanol–water partition coefficient (Wildman–Crippen LogP) is 3.73. The van der Waals surface area contributed by atoms with E-state index in [1.54, 1.807) is 13.3 Å². The van der Waals surface area contributed by atoms with Crippen LogP contribution in [-0.4, -0.2) is 28.5 Å². The molecule has 1 aromatic carbocycles. The number of hydrogen-bond donors (Lipinski definition) is 1. The molecule has 0 atom stereocenters. The highest BCUT2D eigenvalue weighted by Crippen LogP contribution is 2.25. The van der Waals surface area contributed by atoms with E-state index in [9.17, 15) is 0 Å². The third-order valence-corrected chi connectivity index (χ3v) is 3.97. The molecule has 0 aliphatic heterocycles. The number of fused-ring (bicyclic) bond motifs is 1. The van der Waals surface area contributed by atoms with Gasteiger partial charge in [-0.15, -0.1) is 0 Å². The molecule has 0 bridgehead atoms. The van der Waals surface area contributed by atoms with Crippen molar-refractivity contribution in [2.75, 3.05) is 19.0 Å². The normalized spacial score (nSPS) is 11.0. The smallest absolute Gasteiger partial charge is 0.148 e. The Morgan fingerprint density at radius 1 is 1.26 bits per heavy atom. The SMILES string of the molecule is COCCCn1ccc(NCc2ccc(Cl)c3cccnc23)n1. The molecule has 5 nitrogen and oxygen atoms in total. The summed E-state index contributed by atoms with van der Waals surface area (Å²) in [5.74, 6) is 0.849. The van der Waals surface area contributed by atoms with Crippen LogP contribution in [0.3, 0.4) is 0 Å². The molecule has 0 spiro atoms. The van der Waals surface area contributed by atoms with Gasteiger partial charge in [0.25, 0.3) is 0 Å². The van der Waals surface area contributed by atoms with Crippen LogP contribution in [0, 0.1) is 0 Å². The summed E-state index contributed by atoms with van der Waals surface area (Å²) < 4.78 is 6.97. The van der Waals surface area contributed by atoms with Gasteiger partial charge in [0.1, 0.15) is 5.82 Å². The largest absolute Gasteiger partial charge is 0.385 e. The molecule has 1 N–H and O–H groups in total. The number of hydrogen-bond acceptors (Lipinski definition) is 4. The van der Waals surface area contributed by atoms with Crippen LogP contribution in [0.5, 0.6) is 0 Å². The number of ether oxygens (including phenoxy) is 1. The summed E-state index contributed by atoms with van der Waals surface area (Å²) in [6.07, 6.45) is 4.70. The van der Waals surface area contributed by atoms with Gasteiger partial charge in [0.2, 0.25) is 0 Å². The molecular formula is C17H19ClN4O. The first kappa shape index (κ1) is 15.8. The number of nitrogens with zero attached hydrogens (tertiary/aromatic N) is 3. The molecule has 0 saturated heterocycles. The Balaban J connectivity index is 1.68. The lowest BCUT2D eigenvalue weighted by atomic mass is 10.1. The second-order valence-corrected chi connectivity index (χ2v) is 5.68. The van der Waals surface area contributed by atoms with E-state index in [0.29, 0.717) is 6.54 Å². The summed E-state index contributed by atoms with van der Waals surface area (Å²) in [5, 5.41) is 9.53. The zero-order valence-electron chi connectivity index (χ0n) is 13.0. The number of methoxy groups -OCH3 is 1. The van der Waals surface area contributed by atoms with E-state index in [0.717, 1.165) is 46.9 Å². The van der Waals surface area contributed by atoms with Crippen LogP contribution in [0.25, 0.3) is 10.9 Å². The first-order valence-electron chi connectivity index (χ1n) is 7.56. The molecule has 0 amide bonds. The summed E-state index contributed by atoms with van der Waals surface area (Å²) in [7, 11) is 1.71. The number of benzene rings is 1. The fourth-order valence-corrected chi connectivity index (χ4v) is 2.69. The van der Waals surface area contributed by atoms with E-state index in [2.05, 4.69) is 15.4 Å². The zero-order valence-corrected chi connectivity index (χ0v) is 13.8. The monoisotopic (exact) mass is 330 g/mol. The Bertz CT molecular complexity index is 787. The van der Waals surface area contributed by atoms with E-state index in [4.69, 9.17) is 16.3 Å². The quantitative estimate of drug-likeness (QED) is 0.671. The lowest BCUT2D eigenvalue weighted by Crippen LogP contribution is -2.05. The second kappa shape index (κ2) is 7.44. The molecule has 120 valence electrons. The van der Waals surface area contributed by atoms with Gasteiger partial charge < -0.3 is 10.1 Å². The molecule has 0 radical (unpaired) electrons. The highest BCUT2D eigenvalue weighted by Gasteiger charge is 2.06. The van der Waals surface area contributed by atoms with Crippen molar-refractivity contribution in [3.05, 3.63) is 53.3 Å². The number of halogens is 1. The van der Waals surface area contributed by atoms with Crippen LogP contribution < -0.4 is 5.32 Å². The summed E-state index contributed by atoms with van der Waals surface area (Å²) in [5.41, 5.74) is 2.02. The average molecular weight is 331 g/mol. The summed E-state index contributed by atoms with van der Waals surface area (Å²) in [4.78, 5) is 4.45. The molecule has 2 aromatic heterocycles. The standard InChI is InChI=1S/C17H19ClN4O/c1-23-11-3-9-22-10-7-16(21-22)20-12-13-5-6-15(18)14-4-2-8-19-17(13)14/h2,4-8,10H,3,9,11-12H2,1H3,(H,20,21). The van der Waals surface area contributed by atoms with Gasteiger partial charge >= 0.3 is 0 Å². The van der Waals surface area contributed by atoms with Gasteiger partial charge in [-0.05, 0) is 30.2 Å². The van der Waals surface area contributed by atoms with Crippen LogP contribution in [-0.2, 0) is 17.8 Å². The maximum atomic E-state index is 6.22. The van der Waals surface area contributed by atoms with Crippen molar-refractivity contribution >= 4 is 28.3 Å². The number of nitrogens with one attached hydrogen (secondary N) is 1. The predicted molar refractivity (Wildman–Crippen MR) is 92.8 cm³/mol. The third-order valence-electron chi connectivity index (χ3n) is 3.64. The third kappa shape index (κ3) is 3.81. The Labute approximate surface area is 140 Å². The van der Waals surface area contributed by atoms with E-state index in [1.807, 2.05) is 41.2 Å². The number of aryl methyl sites for hydroxylation is 1. The summed E-state index contributed by atoms with van der Waals surface area (Å²) >= 11 is 6.22. The topological polar surface area (TPSA) is 52.0 Å². The van der Waals surface area contributed by atoms with E-state index in [-0.39, 0.29) is 0 Å². The average Bonchev–Trinajstić information content (AvgIpc) is 3.03. The Morgan fingerprint density at radius 3 is 3.04 bits per heavy atom. The van der Waals surface area contributed by atoms with Crippen LogP contribution >= 0.6 is 11.6 Å². The lowest BCUT2D eigenvalue weighted by molar-refractivity contribution is 0.189. The molecule has 0 aliphatic rings. The lowest BCUT2D eigenvalue weighted by Gasteiger charge is -2.08. The van der Waals surface area contributed by atoms with Crippen molar-refractivity contribution in [2.24, 2.45) is 0 Å².